The van der Waals surface area contributed by atoms with Crippen molar-refractivity contribution in [2.45, 2.75) is 6.04 Å². The second-order valence-corrected chi connectivity index (χ2v) is 6.94. The Morgan fingerprint density at radius 2 is 2.07 bits per heavy atom. The maximum atomic E-state index is 13.1. The number of carbonyl (C=O) groups is 1. The van der Waals surface area contributed by atoms with Crippen LogP contribution in [0.3, 0.4) is 0 Å². The van der Waals surface area contributed by atoms with Crippen LogP contribution in [0.1, 0.15) is 17.2 Å². The minimum Gasteiger partial charge on any atom is -0.493 e. The van der Waals surface area contributed by atoms with Crippen LogP contribution in [0.5, 0.6) is 5.75 Å². The quantitative estimate of drug-likeness (QED) is 0.907. The smallest absolute Gasteiger partial charge is 0.322 e. The molecule has 0 radical (unpaired) electrons. The lowest BCUT2D eigenvalue weighted by Crippen LogP contribution is -2.38. The third-order valence-corrected chi connectivity index (χ3v) is 5.35. The molecule has 2 heterocycles. The molecule has 4 rings (SSSR count). The van der Waals surface area contributed by atoms with Gasteiger partial charge in [-0.05, 0) is 30.3 Å². The molecule has 3 atom stereocenters. The summed E-state index contributed by atoms with van der Waals surface area (Å²) in [6.45, 7) is 1.78. The molecule has 138 valence electrons. The first-order chi connectivity index (χ1) is 13.2. The highest BCUT2D eigenvalue weighted by Gasteiger charge is 2.48. The van der Waals surface area contributed by atoms with Gasteiger partial charge in [-0.2, -0.15) is 5.26 Å². The van der Waals surface area contributed by atoms with Gasteiger partial charge in [-0.25, -0.2) is 4.79 Å². The Labute approximate surface area is 158 Å². The molecule has 6 heteroatoms. The summed E-state index contributed by atoms with van der Waals surface area (Å²) in [6, 6.07) is 16.7. The highest BCUT2D eigenvalue weighted by Crippen LogP contribution is 2.47. The topological polar surface area (TPSA) is 74.6 Å². The van der Waals surface area contributed by atoms with Gasteiger partial charge in [0.05, 0.1) is 30.9 Å². The highest BCUT2D eigenvalue weighted by atomic mass is 16.5. The number of anilines is 1. The maximum absolute atomic E-state index is 13.1. The van der Waals surface area contributed by atoms with E-state index in [-0.39, 0.29) is 23.9 Å². The molecule has 1 N–H and O–H groups in total. The van der Waals surface area contributed by atoms with Crippen LogP contribution < -0.4 is 10.1 Å². The first-order valence-electron chi connectivity index (χ1n) is 8.99. The number of para-hydroxylation sites is 1. The number of urea groups is 1. The average molecular weight is 363 g/mol. The van der Waals surface area contributed by atoms with Crippen molar-refractivity contribution in [2.24, 2.45) is 11.8 Å². The summed E-state index contributed by atoms with van der Waals surface area (Å²) >= 11 is 0. The van der Waals surface area contributed by atoms with Crippen LogP contribution in [-0.2, 0) is 4.74 Å². The van der Waals surface area contributed by atoms with E-state index in [0.29, 0.717) is 31.0 Å². The number of hydrogen-bond donors (Lipinski definition) is 1. The van der Waals surface area contributed by atoms with Crippen LogP contribution in [0.2, 0.25) is 0 Å². The van der Waals surface area contributed by atoms with Crippen LogP contribution in [0.25, 0.3) is 0 Å². The van der Waals surface area contributed by atoms with Gasteiger partial charge in [0.2, 0.25) is 0 Å². The molecule has 1 fully saturated rings. The standard InChI is InChI=1S/C21H21N3O3/c1-26-12-15-11-24(21(25)23-16-8-6-14(10-22)7-9-16)20-17-4-2-3-5-19(17)27-13-18(15)20/h2-9,15,18,20H,11-13H2,1H3,(H,23,25)/t15-,18-,20-/m0/s1. The molecule has 0 spiro atoms. The Hall–Kier alpha value is -3.04. The second kappa shape index (κ2) is 7.29. The lowest BCUT2D eigenvalue weighted by atomic mass is 9.86. The van der Waals surface area contributed by atoms with Crippen molar-refractivity contribution in [3.05, 3.63) is 59.7 Å². The molecule has 0 bridgehead atoms. The number of nitrogens with one attached hydrogen (secondary N) is 1. The molecule has 2 aromatic carbocycles. The molecule has 2 aromatic rings. The predicted molar refractivity (Wildman–Crippen MR) is 100 cm³/mol. The summed E-state index contributed by atoms with van der Waals surface area (Å²) in [5.74, 6) is 1.26. The van der Waals surface area contributed by atoms with Gasteiger partial charge < -0.3 is 19.7 Å². The molecule has 2 aliphatic rings. The number of nitriles is 1. The molecule has 0 unspecified atom stereocenters. The highest BCUT2D eigenvalue weighted by molar-refractivity contribution is 5.90. The number of nitrogens with zero attached hydrogens (tertiary/aromatic N) is 2. The van der Waals surface area contributed by atoms with E-state index in [1.54, 1.807) is 31.4 Å². The summed E-state index contributed by atoms with van der Waals surface area (Å²) in [7, 11) is 1.69. The van der Waals surface area contributed by atoms with E-state index >= 15 is 0 Å². The van der Waals surface area contributed by atoms with E-state index in [1.165, 1.54) is 0 Å². The van der Waals surface area contributed by atoms with Crippen molar-refractivity contribution in [1.82, 2.24) is 4.90 Å². The van der Waals surface area contributed by atoms with E-state index in [0.717, 1.165) is 11.3 Å². The molecule has 0 aromatic heterocycles. The Morgan fingerprint density at radius 3 is 2.81 bits per heavy atom. The summed E-state index contributed by atoms with van der Waals surface area (Å²) in [5.41, 5.74) is 2.28. The second-order valence-electron chi connectivity index (χ2n) is 6.94. The lowest BCUT2D eigenvalue weighted by molar-refractivity contribution is 0.100. The van der Waals surface area contributed by atoms with Gasteiger partial charge in [0.1, 0.15) is 5.75 Å². The fraction of sp³-hybridized carbons (Fsp3) is 0.333. The first kappa shape index (κ1) is 17.4. The van der Waals surface area contributed by atoms with Gasteiger partial charge >= 0.3 is 6.03 Å². The Morgan fingerprint density at radius 1 is 1.30 bits per heavy atom. The first-order valence-corrected chi connectivity index (χ1v) is 8.99. The Kier molecular flexibility index (Phi) is 4.69. The SMILES string of the molecule is COC[C@@H]1CN(C(=O)Nc2ccc(C#N)cc2)[C@H]2c3ccccc3OC[C@@H]12. The third kappa shape index (κ3) is 3.22. The van der Waals surface area contributed by atoms with Crippen LogP contribution in [0.4, 0.5) is 10.5 Å². The number of carbonyl (C=O) groups excluding carboxylic acids is 1. The zero-order valence-electron chi connectivity index (χ0n) is 15.1. The van der Waals surface area contributed by atoms with Gasteiger partial charge in [0.15, 0.2) is 0 Å². The number of rotatable bonds is 3. The number of likely N-dealkylation sites (tertiary alicyclic amines) is 1. The van der Waals surface area contributed by atoms with E-state index < -0.39 is 0 Å². The Bertz CT molecular complexity index is 875. The van der Waals surface area contributed by atoms with Crippen LogP contribution in [-0.4, -0.2) is 37.8 Å². The number of benzene rings is 2. The van der Waals surface area contributed by atoms with Crippen molar-refractivity contribution in [1.29, 1.82) is 5.26 Å². The molecular weight excluding hydrogens is 342 g/mol. The monoisotopic (exact) mass is 363 g/mol. The molecule has 2 amide bonds. The number of methoxy groups -OCH3 is 1. The number of amides is 2. The maximum Gasteiger partial charge on any atom is 0.322 e. The molecule has 0 aliphatic carbocycles. The van der Waals surface area contributed by atoms with Crippen molar-refractivity contribution >= 4 is 11.7 Å². The van der Waals surface area contributed by atoms with E-state index in [2.05, 4.69) is 11.4 Å². The van der Waals surface area contributed by atoms with Crippen LogP contribution in [0.15, 0.2) is 48.5 Å². The normalized spacial score (nSPS) is 23.0. The minimum absolute atomic E-state index is 0.0338. The van der Waals surface area contributed by atoms with Gasteiger partial charge in [0.25, 0.3) is 0 Å². The molecule has 1 saturated heterocycles. The molecule has 27 heavy (non-hydrogen) atoms. The number of fused-ring (bicyclic) bond motifs is 3. The van der Waals surface area contributed by atoms with Gasteiger partial charge in [0, 0.05) is 36.7 Å². The van der Waals surface area contributed by atoms with Crippen LogP contribution >= 0.6 is 0 Å². The summed E-state index contributed by atoms with van der Waals surface area (Å²) in [5, 5.41) is 11.9. The van der Waals surface area contributed by atoms with Crippen molar-refractivity contribution in [2.75, 3.05) is 32.2 Å². The van der Waals surface area contributed by atoms with E-state index in [9.17, 15) is 4.79 Å². The minimum atomic E-state index is -0.148. The van der Waals surface area contributed by atoms with E-state index in [4.69, 9.17) is 14.7 Å². The molecule has 6 nitrogen and oxygen atoms in total. The van der Waals surface area contributed by atoms with Gasteiger partial charge in [-0.3, -0.25) is 0 Å². The van der Waals surface area contributed by atoms with Gasteiger partial charge in [-0.15, -0.1) is 0 Å². The fourth-order valence-electron chi connectivity index (χ4n) is 4.08. The zero-order valence-corrected chi connectivity index (χ0v) is 15.1. The predicted octanol–water partition coefficient (Wildman–Crippen LogP) is 3.42. The number of ether oxygens (including phenoxy) is 2. The molecular formula is C21H21N3O3. The average Bonchev–Trinajstić information content (AvgIpc) is 3.08. The van der Waals surface area contributed by atoms with Crippen LogP contribution in [0, 0.1) is 23.2 Å². The van der Waals surface area contributed by atoms with Gasteiger partial charge in [-0.1, -0.05) is 18.2 Å². The summed E-state index contributed by atoms with van der Waals surface area (Å²) in [4.78, 5) is 14.9. The number of hydrogen-bond acceptors (Lipinski definition) is 4. The lowest BCUT2D eigenvalue weighted by Gasteiger charge is -2.34. The molecule has 2 aliphatic heterocycles. The molecule has 0 saturated carbocycles. The fourth-order valence-corrected chi connectivity index (χ4v) is 4.08. The van der Waals surface area contributed by atoms with E-state index in [1.807, 2.05) is 29.2 Å². The largest absolute Gasteiger partial charge is 0.493 e. The van der Waals surface area contributed by atoms with Crippen molar-refractivity contribution in [3.8, 4) is 11.8 Å². The Balaban J connectivity index is 1.60. The third-order valence-electron chi connectivity index (χ3n) is 5.35. The van der Waals surface area contributed by atoms with Crippen molar-refractivity contribution < 1.29 is 14.3 Å². The summed E-state index contributed by atoms with van der Waals surface area (Å²) < 4.78 is 11.3. The summed E-state index contributed by atoms with van der Waals surface area (Å²) in [6.07, 6.45) is 0. The van der Waals surface area contributed by atoms with Crippen molar-refractivity contribution in [3.63, 3.8) is 0 Å². The zero-order chi connectivity index (χ0) is 18.8.